The van der Waals surface area contributed by atoms with Crippen LogP contribution in [0.25, 0.3) is 11.3 Å². The van der Waals surface area contributed by atoms with E-state index in [2.05, 4.69) is 10.3 Å². The highest BCUT2D eigenvalue weighted by molar-refractivity contribution is 7.14. The number of hydrogen-bond donors (Lipinski definition) is 1. The number of benzene rings is 1. The van der Waals surface area contributed by atoms with Crippen LogP contribution in [0.4, 0.5) is 5.13 Å². The number of carbonyl (C=O) groups is 2. The zero-order valence-electron chi connectivity index (χ0n) is 14.3. The van der Waals surface area contributed by atoms with Gasteiger partial charge in [-0.05, 0) is 25.0 Å². The molecule has 2 amide bonds. The van der Waals surface area contributed by atoms with Crippen LogP contribution >= 0.6 is 22.9 Å². The Labute approximate surface area is 161 Å². The van der Waals surface area contributed by atoms with Crippen LogP contribution in [-0.4, -0.2) is 34.3 Å². The molecule has 1 aromatic heterocycles. The number of carbonyl (C=O) groups excluding carboxylic acids is 2. The Morgan fingerprint density at radius 3 is 2.69 bits per heavy atom. The van der Waals surface area contributed by atoms with E-state index >= 15 is 0 Å². The van der Waals surface area contributed by atoms with Gasteiger partial charge in [-0.15, -0.1) is 11.3 Å². The summed E-state index contributed by atoms with van der Waals surface area (Å²) in [5, 5.41) is 6.02. The normalized spacial score (nSPS) is 20.7. The zero-order chi connectivity index (χ0) is 18.1. The summed E-state index contributed by atoms with van der Waals surface area (Å²) in [6, 6.07) is 7.76. The second-order valence-electron chi connectivity index (χ2n) is 6.92. The Morgan fingerprint density at radius 1 is 1.23 bits per heavy atom. The first-order valence-electron chi connectivity index (χ1n) is 8.92. The summed E-state index contributed by atoms with van der Waals surface area (Å²) in [5.41, 5.74) is 1.76. The van der Waals surface area contributed by atoms with Crippen molar-refractivity contribution in [2.75, 3.05) is 11.9 Å². The van der Waals surface area contributed by atoms with Crippen LogP contribution in [0, 0.1) is 5.92 Å². The first kappa shape index (κ1) is 17.5. The van der Waals surface area contributed by atoms with Crippen LogP contribution < -0.4 is 5.32 Å². The highest BCUT2D eigenvalue weighted by Crippen LogP contribution is 2.31. The standard InChI is InChI=1S/C19H20ClN3O2S/c20-14-7-5-12(6-8-14)16-11-26-19(21-16)22-18(25)13-9-17(24)23(10-13)15-3-1-2-4-15/h5-8,11,13,15H,1-4,9-10H2,(H,21,22,25). The number of amides is 2. The molecule has 1 unspecified atom stereocenters. The minimum Gasteiger partial charge on any atom is -0.339 e. The minimum absolute atomic E-state index is 0.109. The SMILES string of the molecule is O=C(Nc1nc(-c2ccc(Cl)cc2)cs1)C1CC(=O)N(C2CCCC2)C1. The van der Waals surface area contributed by atoms with Crippen molar-refractivity contribution in [3.8, 4) is 11.3 Å². The van der Waals surface area contributed by atoms with Crippen molar-refractivity contribution in [3.05, 3.63) is 34.7 Å². The number of nitrogens with zero attached hydrogens (tertiary/aromatic N) is 2. The maximum absolute atomic E-state index is 12.6. The van der Waals surface area contributed by atoms with Crippen LogP contribution in [0.15, 0.2) is 29.6 Å². The fourth-order valence-electron chi connectivity index (χ4n) is 3.77. The quantitative estimate of drug-likeness (QED) is 0.852. The van der Waals surface area contributed by atoms with Crippen molar-refractivity contribution in [1.82, 2.24) is 9.88 Å². The lowest BCUT2D eigenvalue weighted by Gasteiger charge is -2.23. The van der Waals surface area contributed by atoms with Crippen LogP contribution in [-0.2, 0) is 9.59 Å². The first-order chi connectivity index (χ1) is 12.6. The molecule has 5 nitrogen and oxygen atoms in total. The molecule has 1 aromatic carbocycles. The summed E-state index contributed by atoms with van der Waals surface area (Å²) in [5.74, 6) is -0.292. The van der Waals surface area contributed by atoms with E-state index in [0.717, 1.165) is 24.1 Å². The van der Waals surface area contributed by atoms with Gasteiger partial charge in [-0.1, -0.05) is 36.6 Å². The Hall–Kier alpha value is -1.92. The predicted molar refractivity (Wildman–Crippen MR) is 103 cm³/mol. The van der Waals surface area contributed by atoms with Crippen LogP contribution in [0.5, 0.6) is 0 Å². The summed E-state index contributed by atoms with van der Waals surface area (Å²) in [4.78, 5) is 31.2. The molecule has 1 aliphatic carbocycles. The second kappa shape index (κ2) is 7.37. The molecule has 0 spiro atoms. The Kier molecular flexibility index (Phi) is 4.96. The molecule has 7 heteroatoms. The second-order valence-corrected chi connectivity index (χ2v) is 8.21. The first-order valence-corrected chi connectivity index (χ1v) is 10.2. The molecule has 2 aromatic rings. The Morgan fingerprint density at radius 2 is 1.96 bits per heavy atom. The molecule has 1 aliphatic heterocycles. The summed E-state index contributed by atoms with van der Waals surface area (Å²) in [7, 11) is 0. The Balaban J connectivity index is 1.39. The third-order valence-corrected chi connectivity index (χ3v) is 6.18. The third kappa shape index (κ3) is 3.62. The maximum atomic E-state index is 12.6. The molecule has 1 N–H and O–H groups in total. The van der Waals surface area contributed by atoms with E-state index in [9.17, 15) is 9.59 Å². The summed E-state index contributed by atoms with van der Waals surface area (Å²) in [6.07, 6.45) is 4.79. The molecule has 1 saturated heterocycles. The summed E-state index contributed by atoms with van der Waals surface area (Å²) in [6.45, 7) is 0.532. The molecular formula is C19H20ClN3O2S. The number of aromatic nitrogens is 1. The zero-order valence-corrected chi connectivity index (χ0v) is 15.9. The van der Waals surface area contributed by atoms with Gasteiger partial charge >= 0.3 is 0 Å². The number of rotatable bonds is 4. The van der Waals surface area contributed by atoms with Gasteiger partial charge in [0.2, 0.25) is 11.8 Å². The van der Waals surface area contributed by atoms with E-state index in [4.69, 9.17) is 11.6 Å². The number of hydrogen-bond acceptors (Lipinski definition) is 4. The van der Waals surface area contributed by atoms with E-state index in [1.165, 1.54) is 24.2 Å². The fraction of sp³-hybridized carbons (Fsp3) is 0.421. The molecular weight excluding hydrogens is 370 g/mol. The molecule has 0 radical (unpaired) electrons. The monoisotopic (exact) mass is 389 g/mol. The smallest absolute Gasteiger partial charge is 0.231 e. The summed E-state index contributed by atoms with van der Waals surface area (Å²) >= 11 is 7.30. The van der Waals surface area contributed by atoms with Gasteiger partial charge in [-0.3, -0.25) is 9.59 Å². The molecule has 0 bridgehead atoms. The van der Waals surface area contributed by atoms with Gasteiger partial charge in [0.05, 0.1) is 11.6 Å². The predicted octanol–water partition coefficient (Wildman–Crippen LogP) is 4.19. The van der Waals surface area contributed by atoms with Gasteiger partial charge in [0.25, 0.3) is 0 Å². The fourth-order valence-corrected chi connectivity index (χ4v) is 4.62. The lowest BCUT2D eigenvalue weighted by Crippen LogP contribution is -2.35. The highest BCUT2D eigenvalue weighted by Gasteiger charge is 2.38. The number of likely N-dealkylation sites (tertiary alicyclic amines) is 1. The van der Waals surface area contributed by atoms with Crippen molar-refractivity contribution < 1.29 is 9.59 Å². The lowest BCUT2D eigenvalue weighted by molar-refractivity contribution is -0.129. The largest absolute Gasteiger partial charge is 0.339 e. The molecule has 4 rings (SSSR count). The van der Waals surface area contributed by atoms with Crippen LogP contribution in [0.2, 0.25) is 5.02 Å². The molecule has 26 heavy (non-hydrogen) atoms. The van der Waals surface area contributed by atoms with Gasteiger partial charge in [0, 0.05) is 35.0 Å². The van der Waals surface area contributed by atoms with Gasteiger partial charge in [0.1, 0.15) is 0 Å². The highest BCUT2D eigenvalue weighted by atomic mass is 35.5. The number of thiazole rings is 1. The lowest BCUT2D eigenvalue weighted by atomic mass is 10.1. The average molecular weight is 390 g/mol. The molecule has 1 atom stereocenters. The van der Waals surface area contributed by atoms with Crippen molar-refractivity contribution in [2.45, 2.75) is 38.1 Å². The van der Waals surface area contributed by atoms with E-state index in [-0.39, 0.29) is 17.7 Å². The van der Waals surface area contributed by atoms with E-state index in [1.54, 1.807) is 0 Å². The van der Waals surface area contributed by atoms with E-state index in [1.807, 2.05) is 34.5 Å². The maximum Gasteiger partial charge on any atom is 0.231 e. The number of anilines is 1. The van der Waals surface area contributed by atoms with Crippen LogP contribution in [0.1, 0.15) is 32.1 Å². The third-order valence-electron chi connectivity index (χ3n) is 5.17. The molecule has 136 valence electrons. The van der Waals surface area contributed by atoms with Gasteiger partial charge in [0.15, 0.2) is 5.13 Å². The average Bonchev–Trinajstić information content (AvgIpc) is 3.36. The van der Waals surface area contributed by atoms with E-state index in [0.29, 0.717) is 29.2 Å². The van der Waals surface area contributed by atoms with Crippen LogP contribution in [0.3, 0.4) is 0 Å². The minimum atomic E-state index is -0.286. The van der Waals surface area contributed by atoms with Crippen molar-refractivity contribution in [3.63, 3.8) is 0 Å². The summed E-state index contributed by atoms with van der Waals surface area (Å²) < 4.78 is 0. The Bertz CT molecular complexity index is 814. The van der Waals surface area contributed by atoms with Crippen molar-refractivity contribution >= 4 is 39.9 Å². The topological polar surface area (TPSA) is 62.3 Å². The number of halogens is 1. The molecule has 2 fully saturated rings. The van der Waals surface area contributed by atoms with Gasteiger partial charge in [-0.25, -0.2) is 4.98 Å². The number of nitrogens with one attached hydrogen (secondary N) is 1. The van der Waals surface area contributed by atoms with Crippen molar-refractivity contribution in [2.24, 2.45) is 5.92 Å². The van der Waals surface area contributed by atoms with Crippen molar-refractivity contribution in [1.29, 1.82) is 0 Å². The van der Waals surface area contributed by atoms with Gasteiger partial charge in [-0.2, -0.15) is 0 Å². The molecule has 2 aliphatic rings. The van der Waals surface area contributed by atoms with E-state index < -0.39 is 0 Å². The molecule has 2 heterocycles. The van der Waals surface area contributed by atoms with Gasteiger partial charge < -0.3 is 10.2 Å². The molecule has 1 saturated carbocycles.